The molecule has 1 aromatic heterocycles. The molecule has 1 aliphatic heterocycles. The van der Waals surface area contributed by atoms with Crippen molar-refractivity contribution in [2.75, 3.05) is 18.0 Å². The molecule has 2 aliphatic carbocycles. The van der Waals surface area contributed by atoms with Gasteiger partial charge in [0.25, 0.3) is 0 Å². The summed E-state index contributed by atoms with van der Waals surface area (Å²) in [4.78, 5) is 25.6. The van der Waals surface area contributed by atoms with Crippen LogP contribution in [0.1, 0.15) is 70.2 Å². The number of alkyl halides is 1. The van der Waals surface area contributed by atoms with Gasteiger partial charge in [-0.25, -0.2) is 19.2 Å². The summed E-state index contributed by atoms with van der Waals surface area (Å²) < 4.78 is 14.2. The minimum Gasteiger partial charge on any atom is -0.388 e. The quantitative estimate of drug-likeness (QED) is 0.693. The standard InChI is InChI=1S/C26H34FN5O2/c1-23(2,27)21-29-15-20(16-30-21)31-17-24(32(22(31)33)18-25(34)9-6-10-25)11-13-26(28,14-12-24)19-7-4-3-5-8-19/h3-5,7-8,15-16,34H,6,9-14,17-18,28H2,1-2H3. The molecule has 34 heavy (non-hydrogen) atoms. The van der Waals surface area contributed by atoms with Gasteiger partial charge in [0.2, 0.25) is 0 Å². The summed E-state index contributed by atoms with van der Waals surface area (Å²) in [5.74, 6) is 0.0895. The van der Waals surface area contributed by atoms with Crippen molar-refractivity contribution in [1.29, 1.82) is 0 Å². The van der Waals surface area contributed by atoms with Crippen molar-refractivity contribution in [1.82, 2.24) is 14.9 Å². The maximum atomic E-state index is 14.2. The van der Waals surface area contributed by atoms with Crippen molar-refractivity contribution in [3.8, 4) is 0 Å². The third-order valence-electron chi connectivity index (χ3n) is 8.13. The lowest BCUT2D eigenvalue weighted by atomic mass is 9.69. The molecule has 3 N–H and O–H groups in total. The molecule has 2 amide bonds. The van der Waals surface area contributed by atoms with E-state index in [0.717, 1.165) is 37.7 Å². The van der Waals surface area contributed by atoms with Gasteiger partial charge >= 0.3 is 6.03 Å². The Balaban J connectivity index is 1.42. The van der Waals surface area contributed by atoms with Gasteiger partial charge in [0.15, 0.2) is 11.5 Å². The summed E-state index contributed by atoms with van der Waals surface area (Å²) in [6.45, 7) is 3.62. The molecule has 5 rings (SSSR count). The van der Waals surface area contributed by atoms with E-state index < -0.39 is 22.3 Å². The highest BCUT2D eigenvalue weighted by Crippen LogP contribution is 2.48. The Morgan fingerprint density at radius 2 is 1.68 bits per heavy atom. The van der Waals surface area contributed by atoms with Crippen LogP contribution in [0.5, 0.6) is 0 Å². The Morgan fingerprint density at radius 1 is 1.06 bits per heavy atom. The highest BCUT2D eigenvalue weighted by molar-refractivity contribution is 5.95. The minimum atomic E-state index is -1.65. The molecular weight excluding hydrogens is 433 g/mol. The third kappa shape index (κ3) is 3.96. The zero-order valence-corrected chi connectivity index (χ0v) is 20.0. The highest BCUT2D eigenvalue weighted by Gasteiger charge is 2.55. The van der Waals surface area contributed by atoms with Crippen molar-refractivity contribution in [3.05, 3.63) is 54.1 Å². The summed E-state index contributed by atoms with van der Waals surface area (Å²) in [6, 6.07) is 10.0. The second kappa shape index (κ2) is 7.99. The maximum absolute atomic E-state index is 14.2. The Hall–Kier alpha value is -2.58. The Bertz CT molecular complexity index is 1040. The fraction of sp³-hybridized carbons (Fsp3) is 0.577. The van der Waals surface area contributed by atoms with E-state index in [-0.39, 0.29) is 11.9 Å². The molecule has 1 spiro atoms. The monoisotopic (exact) mass is 467 g/mol. The first-order valence-electron chi connectivity index (χ1n) is 12.2. The predicted octanol–water partition coefficient (Wildman–Crippen LogP) is 4.01. The molecule has 3 aliphatic rings. The first-order valence-corrected chi connectivity index (χ1v) is 12.2. The van der Waals surface area contributed by atoms with E-state index in [9.17, 15) is 14.3 Å². The van der Waals surface area contributed by atoms with Crippen molar-refractivity contribution >= 4 is 11.7 Å². The number of carbonyl (C=O) groups is 1. The van der Waals surface area contributed by atoms with E-state index in [1.54, 1.807) is 4.90 Å². The number of urea groups is 1. The molecule has 1 saturated heterocycles. The second-order valence-corrected chi connectivity index (χ2v) is 11.0. The van der Waals surface area contributed by atoms with Crippen molar-refractivity contribution in [2.24, 2.45) is 5.73 Å². The molecule has 3 fully saturated rings. The fourth-order valence-electron chi connectivity index (χ4n) is 5.69. The predicted molar refractivity (Wildman–Crippen MR) is 128 cm³/mol. The van der Waals surface area contributed by atoms with E-state index in [1.165, 1.54) is 26.2 Å². The van der Waals surface area contributed by atoms with Crippen LogP contribution in [0.2, 0.25) is 0 Å². The lowest BCUT2D eigenvalue weighted by Gasteiger charge is -2.49. The number of hydrogen-bond acceptors (Lipinski definition) is 5. The largest absolute Gasteiger partial charge is 0.388 e. The molecule has 0 radical (unpaired) electrons. The van der Waals surface area contributed by atoms with Gasteiger partial charge in [-0.15, -0.1) is 0 Å². The average molecular weight is 468 g/mol. The number of aromatic nitrogens is 2. The molecule has 2 aromatic rings. The lowest BCUT2D eigenvalue weighted by Crippen LogP contribution is -2.59. The van der Waals surface area contributed by atoms with Gasteiger partial charge in [-0.3, -0.25) is 4.90 Å². The number of β-amino-alcohol motifs (C(OH)–C–C–N with tert-alkyl or cyclic N) is 1. The van der Waals surface area contributed by atoms with Crippen LogP contribution in [-0.2, 0) is 11.2 Å². The van der Waals surface area contributed by atoms with Gasteiger partial charge in [0, 0.05) is 5.54 Å². The number of nitrogens with zero attached hydrogens (tertiary/aromatic N) is 4. The van der Waals surface area contributed by atoms with Crippen molar-refractivity contribution < 1.29 is 14.3 Å². The molecule has 1 aromatic carbocycles. The van der Waals surface area contributed by atoms with Gasteiger partial charge in [-0.1, -0.05) is 30.3 Å². The summed E-state index contributed by atoms with van der Waals surface area (Å²) in [6.07, 6.45) is 8.43. The molecule has 2 heterocycles. The average Bonchev–Trinajstić information content (AvgIpc) is 3.06. The number of carbonyl (C=O) groups excluding carboxylic acids is 1. The number of benzene rings is 1. The highest BCUT2D eigenvalue weighted by atomic mass is 19.1. The number of amides is 2. The van der Waals surface area contributed by atoms with E-state index in [2.05, 4.69) is 22.1 Å². The van der Waals surface area contributed by atoms with Gasteiger partial charge in [-0.2, -0.15) is 0 Å². The minimum absolute atomic E-state index is 0.0895. The number of nitrogens with two attached hydrogens (primary N) is 1. The first kappa shape index (κ1) is 23.2. The summed E-state index contributed by atoms with van der Waals surface area (Å²) in [7, 11) is 0. The van der Waals surface area contributed by atoms with Crippen LogP contribution in [0, 0.1) is 0 Å². The first-order chi connectivity index (χ1) is 16.0. The van der Waals surface area contributed by atoms with Crippen LogP contribution in [0.4, 0.5) is 14.9 Å². The summed E-state index contributed by atoms with van der Waals surface area (Å²) in [5, 5.41) is 11.0. The van der Waals surface area contributed by atoms with Crippen LogP contribution in [0.3, 0.4) is 0 Å². The van der Waals surface area contributed by atoms with Gasteiger partial charge < -0.3 is 15.7 Å². The van der Waals surface area contributed by atoms with Gasteiger partial charge in [-0.05, 0) is 64.4 Å². The number of hydrogen-bond donors (Lipinski definition) is 2. The zero-order valence-electron chi connectivity index (χ0n) is 20.0. The Morgan fingerprint density at radius 3 is 2.21 bits per heavy atom. The smallest absolute Gasteiger partial charge is 0.325 e. The second-order valence-electron chi connectivity index (χ2n) is 11.0. The van der Waals surface area contributed by atoms with E-state index in [0.29, 0.717) is 31.6 Å². The molecule has 8 heteroatoms. The molecule has 0 unspecified atom stereocenters. The Labute approximate surface area is 200 Å². The molecule has 7 nitrogen and oxygen atoms in total. The topological polar surface area (TPSA) is 95.6 Å². The zero-order chi connectivity index (χ0) is 24.2. The molecule has 0 atom stereocenters. The Kier molecular flexibility index (Phi) is 5.44. The van der Waals surface area contributed by atoms with Crippen LogP contribution in [0.25, 0.3) is 0 Å². The SMILES string of the molecule is CC(C)(F)c1ncc(N2CC3(CCC(N)(c4ccccc4)CC3)N(CC3(O)CCC3)C2=O)cn1. The van der Waals surface area contributed by atoms with E-state index in [1.807, 2.05) is 23.1 Å². The van der Waals surface area contributed by atoms with Crippen LogP contribution < -0.4 is 10.6 Å². The number of aliphatic hydroxyl groups is 1. The molecule has 182 valence electrons. The molecule has 0 bridgehead atoms. The van der Waals surface area contributed by atoms with Gasteiger partial charge in [0.1, 0.15) is 0 Å². The number of anilines is 1. The summed E-state index contributed by atoms with van der Waals surface area (Å²) >= 11 is 0. The molecule has 2 saturated carbocycles. The fourth-order valence-corrected chi connectivity index (χ4v) is 5.69. The maximum Gasteiger partial charge on any atom is 0.325 e. The van der Waals surface area contributed by atoms with Crippen molar-refractivity contribution in [2.45, 2.75) is 81.1 Å². The van der Waals surface area contributed by atoms with E-state index >= 15 is 0 Å². The number of halogens is 1. The normalized spacial score (nSPS) is 28.9. The van der Waals surface area contributed by atoms with E-state index in [4.69, 9.17) is 5.73 Å². The molecular formula is C26H34FN5O2. The lowest BCUT2D eigenvalue weighted by molar-refractivity contribution is -0.0683. The van der Waals surface area contributed by atoms with Gasteiger partial charge in [0.05, 0.1) is 42.3 Å². The third-order valence-corrected chi connectivity index (χ3v) is 8.13. The van der Waals surface area contributed by atoms with Crippen LogP contribution in [-0.4, -0.2) is 50.2 Å². The van der Waals surface area contributed by atoms with Crippen molar-refractivity contribution in [3.63, 3.8) is 0 Å². The number of rotatable bonds is 5. The van der Waals surface area contributed by atoms with Crippen LogP contribution in [0.15, 0.2) is 42.7 Å². The summed E-state index contributed by atoms with van der Waals surface area (Å²) in [5.41, 5.74) is 5.20. The van der Waals surface area contributed by atoms with Crippen LogP contribution >= 0.6 is 0 Å².